The third-order valence-corrected chi connectivity index (χ3v) is 3.26. The third-order valence-electron chi connectivity index (χ3n) is 1.92. The van der Waals surface area contributed by atoms with E-state index in [0.29, 0.717) is 12.5 Å². The van der Waals surface area contributed by atoms with Gasteiger partial charge in [0.2, 0.25) is 0 Å². The first-order valence-corrected chi connectivity index (χ1v) is 5.62. The second-order valence-electron chi connectivity index (χ2n) is 3.68. The predicted molar refractivity (Wildman–Crippen MR) is 53.1 cm³/mol. The highest BCUT2D eigenvalue weighted by Gasteiger charge is 2.34. The Morgan fingerprint density at radius 2 is 2.38 bits per heavy atom. The molecule has 1 N–H and O–H groups in total. The van der Waals surface area contributed by atoms with Gasteiger partial charge in [0.15, 0.2) is 0 Å². The summed E-state index contributed by atoms with van der Waals surface area (Å²) in [6.45, 7) is 4.80. The van der Waals surface area contributed by atoms with Crippen molar-refractivity contribution in [1.82, 2.24) is 0 Å². The lowest BCUT2D eigenvalue weighted by molar-refractivity contribution is -0.139. The Labute approximate surface area is 82.8 Å². The second kappa shape index (κ2) is 4.86. The van der Waals surface area contributed by atoms with E-state index in [9.17, 15) is 4.79 Å². The number of thioether (sulfide) groups is 1. The number of aliphatic carboxylic acids is 1. The highest BCUT2D eigenvalue weighted by atomic mass is 32.2. The molecular formula is C9H16O3S. The molecule has 3 nitrogen and oxygen atoms in total. The normalized spacial score (nSPS) is 28.2. The Balaban J connectivity index is 2.35. The Kier molecular flexibility index (Phi) is 4.06. The topological polar surface area (TPSA) is 46.5 Å². The summed E-state index contributed by atoms with van der Waals surface area (Å²) >= 11 is 1.49. The second-order valence-corrected chi connectivity index (χ2v) is 4.93. The Morgan fingerprint density at radius 3 is 2.92 bits per heavy atom. The van der Waals surface area contributed by atoms with Crippen LogP contribution in [-0.2, 0) is 9.53 Å². The zero-order valence-corrected chi connectivity index (χ0v) is 8.84. The molecule has 76 valence electrons. The van der Waals surface area contributed by atoms with E-state index in [-0.39, 0.29) is 11.4 Å². The van der Waals surface area contributed by atoms with Gasteiger partial charge in [0.1, 0.15) is 5.25 Å². The summed E-state index contributed by atoms with van der Waals surface area (Å²) in [5.74, 6) is 0.635. The van der Waals surface area contributed by atoms with Gasteiger partial charge in [-0.3, -0.25) is 4.79 Å². The van der Waals surface area contributed by atoms with E-state index in [0.717, 1.165) is 12.2 Å². The molecule has 2 atom stereocenters. The summed E-state index contributed by atoms with van der Waals surface area (Å²) < 4.78 is 5.54. The smallest absolute Gasteiger partial charge is 0.319 e. The van der Waals surface area contributed by atoms with E-state index >= 15 is 0 Å². The van der Waals surface area contributed by atoms with Gasteiger partial charge >= 0.3 is 5.97 Å². The number of carboxylic acids is 1. The van der Waals surface area contributed by atoms with Crippen LogP contribution >= 0.6 is 11.8 Å². The molecule has 0 aliphatic carbocycles. The van der Waals surface area contributed by atoms with Crippen LogP contribution < -0.4 is 0 Å². The van der Waals surface area contributed by atoms with Crippen LogP contribution in [0.2, 0.25) is 0 Å². The Bertz CT molecular complexity index is 182. The van der Waals surface area contributed by atoms with Crippen LogP contribution in [0.15, 0.2) is 0 Å². The molecule has 0 bridgehead atoms. The maximum atomic E-state index is 10.8. The number of rotatable bonds is 4. The number of hydrogen-bond donors (Lipinski definition) is 1. The number of carbonyl (C=O) groups is 1. The highest BCUT2D eigenvalue weighted by molar-refractivity contribution is 8.00. The van der Waals surface area contributed by atoms with Crippen molar-refractivity contribution in [1.29, 1.82) is 0 Å². The predicted octanol–water partition coefficient (Wildman–Crippen LogP) is 1.62. The fourth-order valence-electron chi connectivity index (χ4n) is 1.29. The molecule has 0 radical (unpaired) electrons. The van der Waals surface area contributed by atoms with Gasteiger partial charge < -0.3 is 9.84 Å². The van der Waals surface area contributed by atoms with Crippen molar-refractivity contribution >= 4 is 17.7 Å². The minimum atomic E-state index is -0.740. The summed E-state index contributed by atoms with van der Waals surface area (Å²) in [7, 11) is 0. The van der Waals surface area contributed by atoms with Gasteiger partial charge in [0.25, 0.3) is 0 Å². The first-order valence-electron chi connectivity index (χ1n) is 4.57. The van der Waals surface area contributed by atoms with Crippen molar-refractivity contribution in [2.45, 2.75) is 31.6 Å². The van der Waals surface area contributed by atoms with Crippen molar-refractivity contribution in [2.75, 3.05) is 12.4 Å². The first-order chi connectivity index (χ1) is 6.11. The maximum absolute atomic E-state index is 10.8. The summed E-state index contributed by atoms with van der Waals surface area (Å²) in [5, 5.41) is 8.50. The number of carboxylic acid groups (broad SMARTS) is 1. The lowest BCUT2D eigenvalue weighted by Crippen LogP contribution is -2.30. The quantitative estimate of drug-likeness (QED) is 0.756. The molecule has 1 heterocycles. The lowest BCUT2D eigenvalue weighted by Gasteiger charge is -2.17. The molecule has 0 saturated carbocycles. The van der Waals surface area contributed by atoms with E-state index in [1.54, 1.807) is 0 Å². The van der Waals surface area contributed by atoms with Gasteiger partial charge in [-0.25, -0.2) is 0 Å². The zero-order chi connectivity index (χ0) is 9.84. The molecule has 0 amide bonds. The summed E-state index contributed by atoms with van der Waals surface area (Å²) in [4.78, 5) is 10.8. The molecule has 13 heavy (non-hydrogen) atoms. The molecule has 2 unspecified atom stereocenters. The molecule has 0 spiro atoms. The van der Waals surface area contributed by atoms with Gasteiger partial charge in [0.05, 0.1) is 6.10 Å². The van der Waals surface area contributed by atoms with E-state index in [1.165, 1.54) is 11.8 Å². The van der Waals surface area contributed by atoms with Crippen LogP contribution in [-0.4, -0.2) is 34.8 Å². The Hall–Kier alpha value is -0.220. The SMILES string of the molecule is CC(C)COC1CCSC1C(=O)O. The van der Waals surface area contributed by atoms with Crippen LogP contribution in [0, 0.1) is 5.92 Å². The van der Waals surface area contributed by atoms with Crippen molar-refractivity contribution < 1.29 is 14.6 Å². The summed E-state index contributed by atoms with van der Waals surface area (Å²) in [6.07, 6.45) is 0.791. The van der Waals surface area contributed by atoms with Crippen LogP contribution in [0.3, 0.4) is 0 Å². The van der Waals surface area contributed by atoms with Crippen LogP contribution in [0.1, 0.15) is 20.3 Å². The van der Waals surface area contributed by atoms with E-state index in [2.05, 4.69) is 13.8 Å². The zero-order valence-electron chi connectivity index (χ0n) is 8.03. The van der Waals surface area contributed by atoms with Gasteiger partial charge in [-0.1, -0.05) is 13.8 Å². The molecule has 1 rings (SSSR count). The molecule has 1 fully saturated rings. The largest absolute Gasteiger partial charge is 0.480 e. The van der Waals surface area contributed by atoms with Gasteiger partial charge in [-0.05, 0) is 18.1 Å². The van der Waals surface area contributed by atoms with Gasteiger partial charge in [-0.2, -0.15) is 0 Å². The maximum Gasteiger partial charge on any atom is 0.319 e. The van der Waals surface area contributed by atoms with Crippen LogP contribution in [0.25, 0.3) is 0 Å². The molecule has 0 aromatic rings. The van der Waals surface area contributed by atoms with Crippen molar-refractivity contribution in [3.05, 3.63) is 0 Å². The Morgan fingerprint density at radius 1 is 1.69 bits per heavy atom. The molecule has 1 saturated heterocycles. The number of hydrogen-bond acceptors (Lipinski definition) is 3. The average Bonchev–Trinajstić information content (AvgIpc) is 2.47. The summed E-state index contributed by atoms with van der Waals surface area (Å²) in [6, 6.07) is 0. The van der Waals surface area contributed by atoms with Crippen molar-refractivity contribution in [3.8, 4) is 0 Å². The molecule has 1 aliphatic heterocycles. The molecule has 4 heteroatoms. The van der Waals surface area contributed by atoms with Crippen LogP contribution in [0.4, 0.5) is 0 Å². The minimum absolute atomic E-state index is 0.0788. The fraction of sp³-hybridized carbons (Fsp3) is 0.889. The van der Waals surface area contributed by atoms with Crippen molar-refractivity contribution in [3.63, 3.8) is 0 Å². The monoisotopic (exact) mass is 204 g/mol. The van der Waals surface area contributed by atoms with E-state index < -0.39 is 5.97 Å². The van der Waals surface area contributed by atoms with E-state index in [4.69, 9.17) is 9.84 Å². The molecular weight excluding hydrogens is 188 g/mol. The van der Waals surface area contributed by atoms with Crippen molar-refractivity contribution in [2.24, 2.45) is 5.92 Å². The number of ether oxygens (including phenoxy) is 1. The minimum Gasteiger partial charge on any atom is -0.480 e. The van der Waals surface area contributed by atoms with E-state index in [1.807, 2.05) is 0 Å². The van der Waals surface area contributed by atoms with Gasteiger partial charge in [-0.15, -0.1) is 11.8 Å². The highest BCUT2D eigenvalue weighted by Crippen LogP contribution is 2.29. The van der Waals surface area contributed by atoms with Gasteiger partial charge in [0, 0.05) is 6.61 Å². The fourth-order valence-corrected chi connectivity index (χ4v) is 2.48. The van der Waals surface area contributed by atoms with Crippen LogP contribution in [0.5, 0.6) is 0 Å². The standard InChI is InChI=1S/C9H16O3S/c1-6(2)5-12-7-3-4-13-8(7)9(10)11/h6-8H,3-5H2,1-2H3,(H,10,11). The third kappa shape index (κ3) is 3.19. The first kappa shape index (κ1) is 10.9. The average molecular weight is 204 g/mol. The molecule has 0 aromatic carbocycles. The molecule has 0 aromatic heterocycles. The lowest BCUT2D eigenvalue weighted by atomic mass is 10.2. The molecule has 1 aliphatic rings. The summed E-state index contributed by atoms with van der Waals surface area (Å²) in [5.41, 5.74) is 0.